The van der Waals surface area contributed by atoms with Crippen molar-refractivity contribution in [3.63, 3.8) is 0 Å². The molecule has 2 amide bonds. The van der Waals surface area contributed by atoms with E-state index in [-0.39, 0.29) is 29.5 Å². The van der Waals surface area contributed by atoms with Gasteiger partial charge in [-0.15, -0.1) is 0 Å². The molecule has 230 valence electrons. The first-order valence-corrected chi connectivity index (χ1v) is 16.5. The van der Waals surface area contributed by atoms with Gasteiger partial charge in [0.2, 0.25) is 11.8 Å². The highest BCUT2D eigenvalue weighted by atomic mass is 35.5. The van der Waals surface area contributed by atoms with Crippen LogP contribution in [0.1, 0.15) is 30.0 Å². The number of hydrogen-bond acceptors (Lipinski definition) is 4. The van der Waals surface area contributed by atoms with E-state index in [0.29, 0.717) is 28.6 Å². The monoisotopic (exact) mass is 651 g/mol. The van der Waals surface area contributed by atoms with E-state index in [0.717, 1.165) is 15.4 Å². The van der Waals surface area contributed by atoms with Gasteiger partial charge in [-0.1, -0.05) is 96.9 Å². The average molecular weight is 653 g/mol. The summed E-state index contributed by atoms with van der Waals surface area (Å²) in [6.45, 7) is 3.65. The summed E-state index contributed by atoms with van der Waals surface area (Å²) in [6.07, 6.45) is 0.938. The van der Waals surface area contributed by atoms with Crippen LogP contribution < -0.4 is 9.62 Å². The molecule has 4 rings (SSSR count). The van der Waals surface area contributed by atoms with E-state index >= 15 is 0 Å². The van der Waals surface area contributed by atoms with Gasteiger partial charge >= 0.3 is 0 Å². The fourth-order valence-corrected chi connectivity index (χ4v) is 6.55. The molecule has 0 fully saturated rings. The van der Waals surface area contributed by atoms with Gasteiger partial charge in [0.05, 0.1) is 10.6 Å². The number of sulfonamides is 1. The molecule has 0 bridgehead atoms. The normalized spacial score (nSPS) is 11.9. The van der Waals surface area contributed by atoms with Gasteiger partial charge in [-0.2, -0.15) is 0 Å². The summed E-state index contributed by atoms with van der Waals surface area (Å²) in [7, 11) is -4.21. The molecule has 0 heterocycles. The lowest BCUT2D eigenvalue weighted by Crippen LogP contribution is -2.53. The van der Waals surface area contributed by atoms with Crippen LogP contribution in [0.4, 0.5) is 5.69 Å². The standard InChI is InChI=1S/C34H35Cl2N3O4S/c1-3-19-37-34(41)32(21-26-11-6-4-7-12-26)38(23-27-13-10-14-28(35)20-27)33(40)24-39(29-18-17-25(2)31(36)22-29)44(42,43)30-15-8-5-9-16-30/h4-18,20,22,32H,3,19,21,23-24H2,1-2H3,(H,37,41). The first-order chi connectivity index (χ1) is 21.1. The van der Waals surface area contributed by atoms with Crippen molar-refractivity contribution >= 4 is 50.7 Å². The molecule has 7 nitrogen and oxygen atoms in total. The zero-order valence-corrected chi connectivity index (χ0v) is 26.9. The minimum Gasteiger partial charge on any atom is -0.354 e. The number of aryl methyl sites for hydroxylation is 1. The Morgan fingerprint density at radius 1 is 0.841 bits per heavy atom. The molecule has 0 aliphatic rings. The van der Waals surface area contributed by atoms with Gasteiger partial charge in [0.15, 0.2) is 0 Å². The third-order valence-corrected chi connectivity index (χ3v) is 9.55. The molecular weight excluding hydrogens is 617 g/mol. The van der Waals surface area contributed by atoms with Gasteiger partial charge in [-0.25, -0.2) is 8.42 Å². The second kappa shape index (κ2) is 15.2. The highest BCUT2D eigenvalue weighted by molar-refractivity contribution is 7.92. The van der Waals surface area contributed by atoms with Crippen molar-refractivity contribution in [2.75, 3.05) is 17.4 Å². The predicted octanol–water partition coefficient (Wildman–Crippen LogP) is 6.66. The van der Waals surface area contributed by atoms with Crippen molar-refractivity contribution < 1.29 is 18.0 Å². The summed E-state index contributed by atoms with van der Waals surface area (Å²) in [5.41, 5.74) is 2.54. The maximum atomic E-state index is 14.4. The third-order valence-electron chi connectivity index (χ3n) is 7.12. The minimum atomic E-state index is -4.21. The summed E-state index contributed by atoms with van der Waals surface area (Å²) >= 11 is 12.7. The van der Waals surface area contributed by atoms with E-state index in [1.807, 2.05) is 50.2 Å². The first-order valence-electron chi connectivity index (χ1n) is 14.3. The number of anilines is 1. The zero-order chi connectivity index (χ0) is 31.7. The quantitative estimate of drug-likeness (QED) is 0.175. The molecule has 10 heteroatoms. The summed E-state index contributed by atoms with van der Waals surface area (Å²) < 4.78 is 29.1. The average Bonchev–Trinajstić information content (AvgIpc) is 3.02. The number of amides is 2. The van der Waals surface area contributed by atoms with E-state index < -0.39 is 28.5 Å². The molecule has 1 unspecified atom stereocenters. The molecule has 0 saturated carbocycles. The number of carbonyl (C=O) groups excluding carboxylic acids is 2. The first kappa shape index (κ1) is 33.1. The third kappa shape index (κ3) is 8.40. The Hall–Kier alpha value is -3.85. The molecule has 44 heavy (non-hydrogen) atoms. The Morgan fingerprint density at radius 2 is 1.50 bits per heavy atom. The number of carbonyl (C=O) groups is 2. The molecule has 4 aromatic carbocycles. The zero-order valence-electron chi connectivity index (χ0n) is 24.6. The second-order valence-corrected chi connectivity index (χ2v) is 13.1. The van der Waals surface area contributed by atoms with Crippen molar-refractivity contribution in [3.05, 3.63) is 130 Å². The molecule has 0 aromatic heterocycles. The smallest absolute Gasteiger partial charge is 0.264 e. The Balaban J connectivity index is 1.81. The lowest BCUT2D eigenvalue weighted by Gasteiger charge is -2.34. The molecule has 0 aliphatic heterocycles. The molecule has 1 N–H and O–H groups in total. The molecule has 4 aromatic rings. The Kier molecular flexibility index (Phi) is 11.4. The fraction of sp³-hybridized carbons (Fsp3) is 0.235. The Morgan fingerprint density at radius 3 is 2.14 bits per heavy atom. The van der Waals surface area contributed by atoms with Crippen LogP contribution in [0.15, 0.2) is 108 Å². The summed E-state index contributed by atoms with van der Waals surface area (Å²) in [5, 5.41) is 3.77. The SMILES string of the molecule is CCCNC(=O)C(Cc1ccccc1)N(Cc1cccc(Cl)c1)C(=O)CN(c1ccc(C)c(Cl)c1)S(=O)(=O)c1ccccc1. The molecular formula is C34H35Cl2N3O4S. The Bertz CT molecular complexity index is 1690. The maximum Gasteiger partial charge on any atom is 0.264 e. The van der Waals surface area contributed by atoms with Crippen molar-refractivity contribution in [2.24, 2.45) is 0 Å². The fourth-order valence-electron chi connectivity index (χ4n) is 4.74. The van der Waals surface area contributed by atoms with Crippen LogP contribution in [0.3, 0.4) is 0 Å². The summed E-state index contributed by atoms with van der Waals surface area (Å²) in [4.78, 5) is 29.6. The lowest BCUT2D eigenvalue weighted by molar-refractivity contribution is -0.140. The maximum absolute atomic E-state index is 14.4. The van der Waals surface area contributed by atoms with E-state index in [9.17, 15) is 18.0 Å². The van der Waals surface area contributed by atoms with Crippen molar-refractivity contribution in [1.82, 2.24) is 10.2 Å². The van der Waals surface area contributed by atoms with Crippen LogP contribution in [-0.4, -0.2) is 44.3 Å². The van der Waals surface area contributed by atoms with Gasteiger partial charge in [-0.3, -0.25) is 13.9 Å². The van der Waals surface area contributed by atoms with Crippen molar-refractivity contribution in [3.8, 4) is 0 Å². The summed E-state index contributed by atoms with van der Waals surface area (Å²) in [6, 6.07) is 28.3. The number of nitrogens with one attached hydrogen (secondary N) is 1. The molecule has 0 radical (unpaired) electrons. The van der Waals surface area contributed by atoms with Crippen LogP contribution in [-0.2, 0) is 32.6 Å². The predicted molar refractivity (Wildman–Crippen MR) is 176 cm³/mol. The van der Waals surface area contributed by atoms with Crippen molar-refractivity contribution in [1.29, 1.82) is 0 Å². The van der Waals surface area contributed by atoms with E-state index in [1.165, 1.54) is 23.1 Å². The lowest BCUT2D eigenvalue weighted by atomic mass is 10.0. The van der Waals surface area contributed by atoms with Crippen LogP contribution in [0, 0.1) is 6.92 Å². The van der Waals surface area contributed by atoms with Gasteiger partial charge in [0, 0.05) is 29.6 Å². The Labute approximate surface area is 269 Å². The number of benzene rings is 4. The van der Waals surface area contributed by atoms with Crippen molar-refractivity contribution in [2.45, 2.75) is 44.2 Å². The topological polar surface area (TPSA) is 86.8 Å². The number of rotatable bonds is 13. The molecule has 0 spiro atoms. The van der Waals surface area contributed by atoms with Crippen LogP contribution in [0.5, 0.6) is 0 Å². The number of nitrogens with zero attached hydrogens (tertiary/aromatic N) is 2. The largest absolute Gasteiger partial charge is 0.354 e. The van der Waals surface area contributed by atoms with Crippen LogP contribution >= 0.6 is 23.2 Å². The molecule has 1 atom stereocenters. The van der Waals surface area contributed by atoms with E-state index in [4.69, 9.17) is 23.2 Å². The van der Waals surface area contributed by atoms with Crippen LogP contribution in [0.25, 0.3) is 0 Å². The van der Waals surface area contributed by atoms with E-state index in [2.05, 4.69) is 5.32 Å². The molecule has 0 saturated heterocycles. The highest BCUT2D eigenvalue weighted by Crippen LogP contribution is 2.29. The van der Waals surface area contributed by atoms with Gasteiger partial charge in [0.1, 0.15) is 12.6 Å². The summed E-state index contributed by atoms with van der Waals surface area (Å²) in [5.74, 6) is -0.893. The number of hydrogen-bond donors (Lipinski definition) is 1. The van der Waals surface area contributed by atoms with Gasteiger partial charge in [0.25, 0.3) is 10.0 Å². The highest BCUT2D eigenvalue weighted by Gasteiger charge is 2.34. The van der Waals surface area contributed by atoms with E-state index in [1.54, 1.807) is 48.5 Å². The second-order valence-electron chi connectivity index (χ2n) is 10.4. The number of halogens is 2. The molecule has 0 aliphatic carbocycles. The minimum absolute atomic E-state index is 0.0208. The van der Waals surface area contributed by atoms with Crippen LogP contribution in [0.2, 0.25) is 10.0 Å². The van der Waals surface area contributed by atoms with Gasteiger partial charge < -0.3 is 10.2 Å². The van der Waals surface area contributed by atoms with Gasteiger partial charge in [-0.05, 0) is 66.4 Å².